The van der Waals surface area contributed by atoms with E-state index in [2.05, 4.69) is 23.3 Å². The monoisotopic (exact) mass is 344 g/mol. The Labute approximate surface area is 149 Å². The standard InChI is InChI=1S/C19H28N4O2/c1-13-4-3-5-16(7-6-13)22-18(24)15-8-10-23(11-9-15)19-17(12-20)21-14(2)25-19/h13,15-16H,3-11H2,1-2H3,(H,22,24)/t13-,16+/m0/s1. The summed E-state index contributed by atoms with van der Waals surface area (Å²) in [5.41, 5.74) is 0.341. The average molecular weight is 344 g/mol. The molecule has 2 heterocycles. The van der Waals surface area contributed by atoms with Gasteiger partial charge in [-0.1, -0.05) is 19.8 Å². The van der Waals surface area contributed by atoms with Crippen molar-refractivity contribution in [2.24, 2.45) is 11.8 Å². The number of carbonyl (C=O) groups is 1. The van der Waals surface area contributed by atoms with Crippen LogP contribution in [0.3, 0.4) is 0 Å². The van der Waals surface area contributed by atoms with Gasteiger partial charge < -0.3 is 14.6 Å². The van der Waals surface area contributed by atoms with E-state index in [1.54, 1.807) is 6.92 Å². The summed E-state index contributed by atoms with van der Waals surface area (Å²) in [7, 11) is 0. The van der Waals surface area contributed by atoms with Crippen molar-refractivity contribution in [3.8, 4) is 6.07 Å². The second kappa shape index (κ2) is 7.90. The molecule has 136 valence electrons. The third-order valence-corrected chi connectivity index (χ3v) is 5.58. The summed E-state index contributed by atoms with van der Waals surface area (Å²) in [4.78, 5) is 18.8. The number of carbonyl (C=O) groups excluding carboxylic acids is 1. The summed E-state index contributed by atoms with van der Waals surface area (Å²) in [6.07, 6.45) is 7.51. The van der Waals surface area contributed by atoms with Gasteiger partial charge in [0.2, 0.25) is 17.5 Å². The van der Waals surface area contributed by atoms with Gasteiger partial charge in [0, 0.05) is 32.0 Å². The molecule has 1 saturated heterocycles. The molecule has 0 bridgehead atoms. The molecule has 0 aromatic carbocycles. The Morgan fingerprint density at radius 3 is 2.72 bits per heavy atom. The zero-order valence-electron chi connectivity index (χ0n) is 15.3. The minimum atomic E-state index is 0.0616. The first-order valence-corrected chi connectivity index (χ1v) is 9.49. The van der Waals surface area contributed by atoms with E-state index in [1.807, 2.05) is 4.90 Å². The second-order valence-electron chi connectivity index (χ2n) is 7.58. The second-order valence-corrected chi connectivity index (χ2v) is 7.58. The summed E-state index contributed by atoms with van der Waals surface area (Å²) in [6, 6.07) is 2.43. The predicted molar refractivity (Wildman–Crippen MR) is 95.1 cm³/mol. The first-order chi connectivity index (χ1) is 12.1. The quantitative estimate of drug-likeness (QED) is 0.852. The number of hydrogen-bond acceptors (Lipinski definition) is 5. The number of oxazole rings is 1. The maximum atomic E-state index is 12.6. The Bertz CT molecular complexity index is 640. The van der Waals surface area contributed by atoms with Gasteiger partial charge in [-0.15, -0.1) is 0 Å². The molecule has 0 spiro atoms. The maximum Gasteiger partial charge on any atom is 0.234 e. The van der Waals surface area contributed by atoms with Crippen LogP contribution in [0.4, 0.5) is 5.88 Å². The van der Waals surface area contributed by atoms with Gasteiger partial charge in [0.15, 0.2) is 5.89 Å². The van der Waals surface area contributed by atoms with E-state index in [9.17, 15) is 4.79 Å². The number of nitriles is 1. The number of piperidine rings is 1. The predicted octanol–water partition coefficient (Wildman–Crippen LogP) is 3.16. The number of aromatic nitrogens is 1. The summed E-state index contributed by atoms with van der Waals surface area (Å²) < 4.78 is 5.58. The lowest BCUT2D eigenvalue weighted by Crippen LogP contribution is -2.44. The minimum Gasteiger partial charge on any atom is -0.424 e. The normalized spacial score (nSPS) is 25.2. The molecule has 0 unspecified atom stereocenters. The molecule has 2 atom stereocenters. The number of aryl methyl sites for hydroxylation is 1. The largest absolute Gasteiger partial charge is 0.424 e. The molecule has 0 radical (unpaired) electrons. The van der Waals surface area contributed by atoms with Crippen molar-refractivity contribution in [3.05, 3.63) is 11.6 Å². The Morgan fingerprint density at radius 1 is 1.24 bits per heavy atom. The van der Waals surface area contributed by atoms with Crippen molar-refractivity contribution in [2.45, 2.75) is 64.8 Å². The van der Waals surface area contributed by atoms with Crippen LogP contribution in [0.1, 0.15) is 63.5 Å². The fourth-order valence-electron chi connectivity index (χ4n) is 4.00. The number of rotatable bonds is 3. The van der Waals surface area contributed by atoms with Crippen LogP contribution in [0.5, 0.6) is 0 Å². The smallest absolute Gasteiger partial charge is 0.234 e. The van der Waals surface area contributed by atoms with Crippen LogP contribution in [0, 0.1) is 30.1 Å². The SMILES string of the molecule is Cc1nc(C#N)c(N2CCC(C(=O)N[C@@H]3CCC[C@H](C)CC3)CC2)o1. The van der Waals surface area contributed by atoms with Crippen molar-refractivity contribution in [3.63, 3.8) is 0 Å². The van der Waals surface area contributed by atoms with E-state index in [0.29, 0.717) is 23.5 Å². The highest BCUT2D eigenvalue weighted by atomic mass is 16.4. The summed E-state index contributed by atoms with van der Waals surface area (Å²) >= 11 is 0. The third-order valence-electron chi connectivity index (χ3n) is 5.58. The fraction of sp³-hybridized carbons (Fsp3) is 0.737. The summed E-state index contributed by atoms with van der Waals surface area (Å²) in [5.74, 6) is 2.11. The van der Waals surface area contributed by atoms with Crippen molar-refractivity contribution >= 4 is 11.8 Å². The molecule has 6 heteroatoms. The molecule has 1 aliphatic carbocycles. The Kier molecular flexibility index (Phi) is 5.62. The highest BCUT2D eigenvalue weighted by Gasteiger charge is 2.29. The lowest BCUT2D eigenvalue weighted by Gasteiger charge is -2.31. The van der Waals surface area contributed by atoms with E-state index >= 15 is 0 Å². The van der Waals surface area contributed by atoms with E-state index in [-0.39, 0.29) is 11.8 Å². The van der Waals surface area contributed by atoms with Crippen LogP contribution in [0.2, 0.25) is 0 Å². The lowest BCUT2D eigenvalue weighted by atomic mass is 9.95. The number of hydrogen-bond donors (Lipinski definition) is 1. The molecular formula is C19H28N4O2. The van der Waals surface area contributed by atoms with E-state index in [0.717, 1.165) is 44.7 Å². The van der Waals surface area contributed by atoms with Gasteiger partial charge in [-0.25, -0.2) is 4.98 Å². The molecule has 1 aromatic rings. The van der Waals surface area contributed by atoms with Crippen molar-refractivity contribution in [2.75, 3.05) is 18.0 Å². The first kappa shape index (κ1) is 17.8. The fourth-order valence-corrected chi connectivity index (χ4v) is 4.00. The van der Waals surface area contributed by atoms with Crippen LogP contribution < -0.4 is 10.2 Å². The van der Waals surface area contributed by atoms with Crippen molar-refractivity contribution < 1.29 is 9.21 Å². The van der Waals surface area contributed by atoms with Gasteiger partial charge in [-0.05, 0) is 38.0 Å². The lowest BCUT2D eigenvalue weighted by molar-refractivity contribution is -0.126. The Hall–Kier alpha value is -2.03. The van der Waals surface area contributed by atoms with Crippen LogP contribution in [0.25, 0.3) is 0 Å². The molecule has 2 aliphatic rings. The first-order valence-electron chi connectivity index (χ1n) is 9.49. The maximum absolute atomic E-state index is 12.6. The number of amides is 1. The van der Waals surface area contributed by atoms with Crippen LogP contribution in [-0.4, -0.2) is 30.0 Å². The molecule has 1 aromatic heterocycles. The van der Waals surface area contributed by atoms with Gasteiger partial charge in [0.1, 0.15) is 6.07 Å². The van der Waals surface area contributed by atoms with E-state index in [4.69, 9.17) is 9.68 Å². The van der Waals surface area contributed by atoms with Crippen LogP contribution in [-0.2, 0) is 4.79 Å². The number of nitrogens with one attached hydrogen (secondary N) is 1. The van der Waals surface area contributed by atoms with Crippen LogP contribution >= 0.6 is 0 Å². The minimum absolute atomic E-state index is 0.0616. The molecule has 25 heavy (non-hydrogen) atoms. The van der Waals surface area contributed by atoms with Gasteiger partial charge in [0.25, 0.3) is 0 Å². The number of anilines is 1. The summed E-state index contributed by atoms with van der Waals surface area (Å²) in [6.45, 7) is 5.50. The molecule has 3 rings (SSSR count). The zero-order chi connectivity index (χ0) is 17.8. The topological polar surface area (TPSA) is 82.2 Å². The highest BCUT2D eigenvalue weighted by Crippen LogP contribution is 2.28. The van der Waals surface area contributed by atoms with Gasteiger partial charge in [0.05, 0.1) is 0 Å². The van der Waals surface area contributed by atoms with Crippen molar-refractivity contribution in [1.29, 1.82) is 5.26 Å². The molecule has 1 amide bonds. The van der Waals surface area contributed by atoms with Crippen molar-refractivity contribution in [1.82, 2.24) is 10.3 Å². The van der Waals surface area contributed by atoms with E-state index in [1.165, 1.54) is 19.3 Å². The molecule has 6 nitrogen and oxygen atoms in total. The Morgan fingerprint density at radius 2 is 2.00 bits per heavy atom. The Balaban J connectivity index is 1.51. The van der Waals surface area contributed by atoms with Gasteiger partial charge in [-0.3, -0.25) is 4.79 Å². The van der Waals surface area contributed by atoms with Crippen LogP contribution in [0.15, 0.2) is 4.42 Å². The average Bonchev–Trinajstić information content (AvgIpc) is 2.88. The molecule has 1 saturated carbocycles. The number of nitrogens with zero attached hydrogens (tertiary/aromatic N) is 3. The molecular weight excluding hydrogens is 316 g/mol. The van der Waals surface area contributed by atoms with Gasteiger partial charge in [-0.2, -0.15) is 5.26 Å². The van der Waals surface area contributed by atoms with E-state index < -0.39 is 0 Å². The summed E-state index contributed by atoms with van der Waals surface area (Å²) in [5, 5.41) is 12.4. The molecule has 2 fully saturated rings. The highest BCUT2D eigenvalue weighted by molar-refractivity contribution is 5.79. The third kappa shape index (κ3) is 4.33. The molecule has 1 N–H and O–H groups in total. The molecule has 1 aliphatic heterocycles. The van der Waals surface area contributed by atoms with Gasteiger partial charge >= 0.3 is 0 Å². The zero-order valence-corrected chi connectivity index (χ0v) is 15.3.